The molecule has 112 valence electrons. The summed E-state index contributed by atoms with van der Waals surface area (Å²) in [4.78, 5) is 13.2. The first-order valence-electron chi connectivity index (χ1n) is 6.86. The summed E-state index contributed by atoms with van der Waals surface area (Å²) >= 11 is 1.58. The van der Waals surface area contributed by atoms with Gasteiger partial charge >= 0.3 is 0 Å². The first kappa shape index (κ1) is 14.5. The summed E-state index contributed by atoms with van der Waals surface area (Å²) in [5.41, 5.74) is 3.73. The molecule has 0 radical (unpaired) electrons. The van der Waals surface area contributed by atoms with Crippen LogP contribution in [0.15, 0.2) is 35.6 Å². The second-order valence-electron chi connectivity index (χ2n) is 4.69. The van der Waals surface area contributed by atoms with Crippen LogP contribution >= 0.6 is 11.3 Å². The molecular weight excluding hydrogens is 296 g/mol. The zero-order chi connectivity index (χ0) is 15.5. The van der Waals surface area contributed by atoms with Crippen molar-refractivity contribution < 1.29 is 4.74 Å². The third-order valence-corrected chi connectivity index (χ3v) is 4.17. The number of hydrogen-bond acceptors (Lipinski definition) is 6. The highest BCUT2D eigenvalue weighted by atomic mass is 32.1. The number of nitrogens with zero attached hydrogens (tertiary/aromatic N) is 3. The number of anilines is 2. The van der Waals surface area contributed by atoms with Gasteiger partial charge in [0.05, 0.1) is 23.7 Å². The van der Waals surface area contributed by atoms with Gasteiger partial charge < -0.3 is 10.1 Å². The van der Waals surface area contributed by atoms with E-state index in [1.807, 2.05) is 19.9 Å². The number of ether oxygens (including phenoxy) is 1. The van der Waals surface area contributed by atoms with Crippen LogP contribution in [0.5, 0.6) is 5.75 Å². The zero-order valence-corrected chi connectivity index (χ0v) is 13.4. The molecule has 2 heterocycles. The molecule has 6 heteroatoms. The molecule has 2 aromatic heterocycles. The predicted octanol–water partition coefficient (Wildman–Crippen LogP) is 4.47. The van der Waals surface area contributed by atoms with Gasteiger partial charge in [0, 0.05) is 18.5 Å². The van der Waals surface area contributed by atoms with Gasteiger partial charge in [-0.15, -0.1) is 0 Å². The molecule has 0 aliphatic heterocycles. The summed E-state index contributed by atoms with van der Waals surface area (Å²) in [6.07, 6.45) is 5.21. The maximum absolute atomic E-state index is 5.32. The number of pyridine rings is 1. The summed E-state index contributed by atoms with van der Waals surface area (Å²) < 4.78 is 6.42. The summed E-state index contributed by atoms with van der Waals surface area (Å²) in [5.74, 6) is 0.734. The SMILES string of the molecule is CC=Nc1c(C)ccc2sc(Nc3cnccc3OC)nc12. The molecule has 0 fully saturated rings. The first-order valence-corrected chi connectivity index (χ1v) is 7.68. The summed E-state index contributed by atoms with van der Waals surface area (Å²) in [6.45, 7) is 3.95. The Hall–Kier alpha value is -2.47. The molecule has 1 aromatic carbocycles. The van der Waals surface area contributed by atoms with E-state index in [1.165, 1.54) is 0 Å². The molecule has 0 saturated heterocycles. The third kappa shape index (κ3) is 2.65. The van der Waals surface area contributed by atoms with Crippen LogP contribution in [-0.2, 0) is 0 Å². The van der Waals surface area contributed by atoms with Crippen LogP contribution in [0.1, 0.15) is 12.5 Å². The number of nitrogens with one attached hydrogen (secondary N) is 1. The van der Waals surface area contributed by atoms with Crippen LogP contribution in [0, 0.1) is 6.92 Å². The molecule has 3 rings (SSSR count). The number of aromatic nitrogens is 2. The van der Waals surface area contributed by atoms with E-state index in [2.05, 4.69) is 32.4 Å². The fourth-order valence-corrected chi connectivity index (χ4v) is 3.08. The Morgan fingerprint density at radius 1 is 1.32 bits per heavy atom. The quantitative estimate of drug-likeness (QED) is 0.722. The van der Waals surface area contributed by atoms with E-state index in [0.717, 1.165) is 38.0 Å². The molecule has 3 aromatic rings. The molecule has 22 heavy (non-hydrogen) atoms. The van der Waals surface area contributed by atoms with E-state index in [1.54, 1.807) is 37.1 Å². The van der Waals surface area contributed by atoms with Gasteiger partial charge in [-0.25, -0.2) is 4.98 Å². The smallest absolute Gasteiger partial charge is 0.188 e. The van der Waals surface area contributed by atoms with Crippen molar-refractivity contribution in [1.29, 1.82) is 0 Å². The van der Waals surface area contributed by atoms with Gasteiger partial charge in [0.15, 0.2) is 5.13 Å². The number of hydrogen-bond donors (Lipinski definition) is 1. The van der Waals surface area contributed by atoms with Crippen LogP contribution in [0.3, 0.4) is 0 Å². The molecule has 0 bridgehead atoms. The lowest BCUT2D eigenvalue weighted by Gasteiger charge is -2.07. The molecule has 0 amide bonds. The third-order valence-electron chi connectivity index (χ3n) is 3.24. The van der Waals surface area contributed by atoms with Crippen LogP contribution < -0.4 is 10.1 Å². The van der Waals surface area contributed by atoms with E-state index >= 15 is 0 Å². The van der Waals surface area contributed by atoms with Crippen molar-refractivity contribution in [2.45, 2.75) is 13.8 Å². The zero-order valence-electron chi connectivity index (χ0n) is 12.6. The number of thiazole rings is 1. The van der Waals surface area contributed by atoms with Gasteiger partial charge in [-0.2, -0.15) is 0 Å². The van der Waals surface area contributed by atoms with E-state index in [0.29, 0.717) is 0 Å². The minimum atomic E-state index is 0.734. The predicted molar refractivity (Wildman–Crippen MR) is 92.3 cm³/mol. The molecule has 5 nitrogen and oxygen atoms in total. The maximum Gasteiger partial charge on any atom is 0.188 e. The normalized spacial score (nSPS) is 11.2. The van der Waals surface area contributed by atoms with Crippen molar-refractivity contribution in [2.24, 2.45) is 4.99 Å². The molecule has 1 N–H and O–H groups in total. The summed E-state index contributed by atoms with van der Waals surface area (Å²) in [5, 5.41) is 4.06. The lowest BCUT2D eigenvalue weighted by atomic mass is 10.2. The fourth-order valence-electron chi connectivity index (χ4n) is 2.20. The first-order chi connectivity index (χ1) is 10.7. The second-order valence-corrected chi connectivity index (χ2v) is 5.72. The van der Waals surface area contributed by atoms with Gasteiger partial charge in [0.2, 0.25) is 0 Å². The van der Waals surface area contributed by atoms with Crippen molar-refractivity contribution in [3.05, 3.63) is 36.2 Å². The minimum absolute atomic E-state index is 0.734. The number of benzene rings is 1. The number of fused-ring (bicyclic) bond motifs is 1. The van der Waals surface area contributed by atoms with Crippen molar-refractivity contribution in [2.75, 3.05) is 12.4 Å². The molecule has 0 aliphatic carbocycles. The molecule has 0 unspecified atom stereocenters. The van der Waals surface area contributed by atoms with Crippen LogP contribution in [0.25, 0.3) is 10.2 Å². The van der Waals surface area contributed by atoms with Crippen LogP contribution in [0.2, 0.25) is 0 Å². The van der Waals surface area contributed by atoms with Crippen molar-refractivity contribution in [3.63, 3.8) is 0 Å². The Kier molecular flexibility index (Phi) is 4.02. The number of aliphatic imine (C=N–C) groups is 1. The minimum Gasteiger partial charge on any atom is -0.494 e. The average Bonchev–Trinajstić information content (AvgIpc) is 2.94. The number of methoxy groups -OCH3 is 1. The van der Waals surface area contributed by atoms with Gasteiger partial charge in [-0.05, 0) is 25.5 Å². The average molecular weight is 312 g/mol. The summed E-state index contributed by atoms with van der Waals surface area (Å²) in [6, 6.07) is 5.95. The standard InChI is InChI=1S/C16H16N4OS/c1-4-18-14-10(2)5-6-13-15(14)20-16(22-13)19-11-9-17-8-7-12(11)21-3/h4-9H,1-3H3,(H,19,20). The van der Waals surface area contributed by atoms with Crippen LogP contribution in [0.4, 0.5) is 16.5 Å². The Bertz CT molecular complexity index is 841. The topological polar surface area (TPSA) is 59.4 Å². The lowest BCUT2D eigenvalue weighted by Crippen LogP contribution is -1.94. The number of rotatable bonds is 4. The lowest BCUT2D eigenvalue weighted by molar-refractivity contribution is 0.416. The Morgan fingerprint density at radius 2 is 2.18 bits per heavy atom. The molecular formula is C16H16N4OS. The van der Waals surface area contributed by atoms with E-state index < -0.39 is 0 Å². The fraction of sp³-hybridized carbons (Fsp3) is 0.188. The van der Waals surface area contributed by atoms with E-state index in [-0.39, 0.29) is 0 Å². The molecule has 0 spiro atoms. The molecule has 0 aliphatic rings. The van der Waals surface area contributed by atoms with Gasteiger partial charge in [-0.3, -0.25) is 9.98 Å². The van der Waals surface area contributed by atoms with E-state index in [4.69, 9.17) is 4.74 Å². The highest BCUT2D eigenvalue weighted by Gasteiger charge is 2.11. The highest BCUT2D eigenvalue weighted by molar-refractivity contribution is 7.22. The van der Waals surface area contributed by atoms with Crippen molar-refractivity contribution in [1.82, 2.24) is 9.97 Å². The van der Waals surface area contributed by atoms with Gasteiger partial charge in [0.1, 0.15) is 17.0 Å². The van der Waals surface area contributed by atoms with Crippen molar-refractivity contribution in [3.8, 4) is 5.75 Å². The summed E-state index contributed by atoms with van der Waals surface area (Å²) in [7, 11) is 1.64. The number of aryl methyl sites for hydroxylation is 1. The Labute approximate surface area is 132 Å². The van der Waals surface area contributed by atoms with Crippen molar-refractivity contribution >= 4 is 44.3 Å². The van der Waals surface area contributed by atoms with E-state index in [9.17, 15) is 0 Å². The Balaban J connectivity index is 2.04. The Morgan fingerprint density at radius 3 is 2.95 bits per heavy atom. The van der Waals surface area contributed by atoms with Gasteiger partial charge in [-0.1, -0.05) is 17.4 Å². The van der Waals surface area contributed by atoms with Gasteiger partial charge in [0.25, 0.3) is 0 Å². The maximum atomic E-state index is 5.32. The molecule has 0 saturated carbocycles. The molecule has 0 atom stereocenters. The monoisotopic (exact) mass is 312 g/mol. The van der Waals surface area contributed by atoms with Crippen LogP contribution in [-0.4, -0.2) is 23.3 Å². The largest absolute Gasteiger partial charge is 0.494 e. The second kappa shape index (κ2) is 6.11. The highest BCUT2D eigenvalue weighted by Crippen LogP contribution is 2.36.